The zero-order chi connectivity index (χ0) is 16.8. The molecule has 0 radical (unpaired) electrons. The van der Waals surface area contributed by atoms with E-state index in [0.29, 0.717) is 18.9 Å². The van der Waals surface area contributed by atoms with Crippen LogP contribution in [0.4, 0.5) is 0 Å². The Morgan fingerprint density at radius 2 is 1.87 bits per heavy atom. The summed E-state index contributed by atoms with van der Waals surface area (Å²) >= 11 is 1.26. The SMILES string of the molecule is C[C@H]1CCC(=O)N(CCNC(=O)CSCC(=O)NC2CC2)C1=O. The number of nitrogens with one attached hydrogen (secondary N) is 2. The Kier molecular flexibility index (Phi) is 6.44. The summed E-state index contributed by atoms with van der Waals surface area (Å²) in [6.07, 6.45) is 3.07. The molecule has 2 fully saturated rings. The van der Waals surface area contributed by atoms with Gasteiger partial charge in [-0.25, -0.2) is 0 Å². The fraction of sp³-hybridized carbons (Fsp3) is 0.733. The molecule has 1 heterocycles. The van der Waals surface area contributed by atoms with E-state index in [9.17, 15) is 19.2 Å². The van der Waals surface area contributed by atoms with Crippen molar-refractivity contribution in [3.05, 3.63) is 0 Å². The molecule has 128 valence electrons. The van der Waals surface area contributed by atoms with Gasteiger partial charge in [0.15, 0.2) is 0 Å². The third kappa shape index (κ3) is 5.85. The summed E-state index contributed by atoms with van der Waals surface area (Å²) in [5.41, 5.74) is 0. The zero-order valence-corrected chi connectivity index (χ0v) is 14.1. The van der Waals surface area contributed by atoms with Crippen molar-refractivity contribution in [1.29, 1.82) is 0 Å². The summed E-state index contributed by atoms with van der Waals surface area (Å²) in [5, 5.41) is 5.53. The van der Waals surface area contributed by atoms with Crippen LogP contribution in [0.1, 0.15) is 32.6 Å². The van der Waals surface area contributed by atoms with Crippen LogP contribution in [0, 0.1) is 5.92 Å². The molecule has 2 aliphatic rings. The van der Waals surface area contributed by atoms with Crippen LogP contribution in [0.15, 0.2) is 0 Å². The predicted octanol–water partition coefficient (Wildman–Crippen LogP) is -0.100. The molecule has 2 rings (SSSR count). The minimum absolute atomic E-state index is 0.0382. The van der Waals surface area contributed by atoms with Crippen LogP contribution in [0.3, 0.4) is 0 Å². The van der Waals surface area contributed by atoms with Crippen molar-refractivity contribution in [1.82, 2.24) is 15.5 Å². The summed E-state index contributed by atoms with van der Waals surface area (Å²) < 4.78 is 0. The lowest BCUT2D eigenvalue weighted by Crippen LogP contribution is -2.47. The molecule has 0 unspecified atom stereocenters. The van der Waals surface area contributed by atoms with E-state index >= 15 is 0 Å². The molecule has 0 aromatic heterocycles. The van der Waals surface area contributed by atoms with E-state index in [-0.39, 0.29) is 54.1 Å². The summed E-state index contributed by atoms with van der Waals surface area (Å²) in [4.78, 5) is 48.0. The van der Waals surface area contributed by atoms with Crippen molar-refractivity contribution in [2.45, 2.75) is 38.6 Å². The normalized spacial score (nSPS) is 21.3. The Labute approximate surface area is 139 Å². The number of carbonyl (C=O) groups excluding carboxylic acids is 4. The van der Waals surface area contributed by atoms with Crippen LogP contribution in [-0.4, -0.2) is 59.2 Å². The third-order valence-corrected chi connectivity index (χ3v) is 4.78. The van der Waals surface area contributed by atoms with Crippen LogP contribution < -0.4 is 10.6 Å². The van der Waals surface area contributed by atoms with Gasteiger partial charge >= 0.3 is 0 Å². The van der Waals surface area contributed by atoms with Crippen molar-refractivity contribution in [3.8, 4) is 0 Å². The second-order valence-corrected chi connectivity index (χ2v) is 6.99. The second-order valence-electron chi connectivity index (χ2n) is 6.01. The number of thioether (sulfide) groups is 1. The van der Waals surface area contributed by atoms with E-state index in [4.69, 9.17) is 0 Å². The van der Waals surface area contributed by atoms with Gasteiger partial charge in [-0.3, -0.25) is 24.1 Å². The number of nitrogens with zero attached hydrogens (tertiary/aromatic N) is 1. The lowest BCUT2D eigenvalue weighted by atomic mass is 9.99. The predicted molar refractivity (Wildman–Crippen MR) is 86.6 cm³/mol. The van der Waals surface area contributed by atoms with E-state index in [1.165, 1.54) is 16.7 Å². The first-order chi connectivity index (χ1) is 11.0. The molecule has 0 aromatic rings. The molecule has 1 aliphatic heterocycles. The van der Waals surface area contributed by atoms with E-state index in [1.54, 1.807) is 0 Å². The van der Waals surface area contributed by atoms with Crippen LogP contribution >= 0.6 is 11.8 Å². The van der Waals surface area contributed by atoms with Gasteiger partial charge in [0.1, 0.15) is 0 Å². The number of hydrogen-bond acceptors (Lipinski definition) is 5. The maximum absolute atomic E-state index is 11.9. The van der Waals surface area contributed by atoms with E-state index in [1.807, 2.05) is 6.92 Å². The summed E-state index contributed by atoms with van der Waals surface area (Å²) in [7, 11) is 0. The van der Waals surface area contributed by atoms with Gasteiger partial charge in [-0.05, 0) is 19.3 Å². The molecule has 7 nitrogen and oxygen atoms in total. The molecule has 1 aliphatic carbocycles. The Morgan fingerprint density at radius 3 is 2.57 bits per heavy atom. The van der Waals surface area contributed by atoms with Crippen molar-refractivity contribution in [3.63, 3.8) is 0 Å². The molecule has 0 aromatic carbocycles. The number of likely N-dealkylation sites (tertiary alicyclic amines) is 1. The molecule has 23 heavy (non-hydrogen) atoms. The molecule has 0 spiro atoms. The average Bonchev–Trinajstić information content (AvgIpc) is 3.30. The highest BCUT2D eigenvalue weighted by molar-refractivity contribution is 8.00. The fourth-order valence-electron chi connectivity index (χ4n) is 2.31. The van der Waals surface area contributed by atoms with Gasteiger partial charge in [0.25, 0.3) is 0 Å². The standard InChI is InChI=1S/C15H23N3O4S/c1-10-2-5-14(21)18(15(10)22)7-6-16-12(19)8-23-9-13(20)17-11-3-4-11/h10-11H,2-9H2,1H3,(H,16,19)(H,17,20)/t10-/m0/s1. The lowest BCUT2D eigenvalue weighted by molar-refractivity contribution is -0.151. The smallest absolute Gasteiger partial charge is 0.232 e. The quantitative estimate of drug-likeness (QED) is 0.601. The van der Waals surface area contributed by atoms with E-state index in [2.05, 4.69) is 10.6 Å². The van der Waals surface area contributed by atoms with Crippen molar-refractivity contribution >= 4 is 35.4 Å². The monoisotopic (exact) mass is 341 g/mol. The van der Waals surface area contributed by atoms with Gasteiger partial charge in [0.2, 0.25) is 23.6 Å². The molecule has 1 atom stereocenters. The zero-order valence-electron chi connectivity index (χ0n) is 13.3. The van der Waals surface area contributed by atoms with Crippen LogP contribution in [0.5, 0.6) is 0 Å². The van der Waals surface area contributed by atoms with Crippen molar-refractivity contribution in [2.75, 3.05) is 24.6 Å². The Morgan fingerprint density at radius 1 is 1.17 bits per heavy atom. The van der Waals surface area contributed by atoms with Crippen molar-refractivity contribution < 1.29 is 19.2 Å². The summed E-state index contributed by atoms with van der Waals surface area (Å²) in [6, 6.07) is 0.332. The third-order valence-electron chi connectivity index (χ3n) is 3.85. The van der Waals surface area contributed by atoms with Gasteiger partial charge in [-0.1, -0.05) is 6.92 Å². The molecule has 8 heteroatoms. The Hall–Kier alpha value is -1.57. The molecular formula is C15H23N3O4S. The van der Waals surface area contributed by atoms with E-state index in [0.717, 1.165) is 12.8 Å². The van der Waals surface area contributed by atoms with Gasteiger partial charge in [0, 0.05) is 31.5 Å². The van der Waals surface area contributed by atoms with Crippen LogP contribution in [0.2, 0.25) is 0 Å². The van der Waals surface area contributed by atoms with Gasteiger partial charge in [-0.15, -0.1) is 11.8 Å². The first-order valence-electron chi connectivity index (χ1n) is 7.95. The number of rotatable bonds is 8. The number of carbonyl (C=O) groups is 4. The summed E-state index contributed by atoms with van der Waals surface area (Å²) in [6.45, 7) is 2.27. The molecule has 0 bridgehead atoms. The second kappa shape index (κ2) is 8.33. The summed E-state index contributed by atoms with van der Waals surface area (Å²) in [5.74, 6) is -0.247. The lowest BCUT2D eigenvalue weighted by Gasteiger charge is -2.28. The largest absolute Gasteiger partial charge is 0.354 e. The number of amides is 4. The highest BCUT2D eigenvalue weighted by Crippen LogP contribution is 2.19. The van der Waals surface area contributed by atoms with E-state index < -0.39 is 0 Å². The molecule has 1 saturated carbocycles. The van der Waals surface area contributed by atoms with Gasteiger partial charge in [0.05, 0.1) is 11.5 Å². The average molecular weight is 341 g/mol. The number of imide groups is 1. The van der Waals surface area contributed by atoms with Crippen LogP contribution in [0.25, 0.3) is 0 Å². The fourth-order valence-corrected chi connectivity index (χ4v) is 2.97. The molecule has 1 saturated heterocycles. The number of piperidine rings is 1. The van der Waals surface area contributed by atoms with Gasteiger partial charge < -0.3 is 10.6 Å². The molecular weight excluding hydrogens is 318 g/mol. The molecule has 4 amide bonds. The minimum Gasteiger partial charge on any atom is -0.354 e. The van der Waals surface area contributed by atoms with Gasteiger partial charge in [-0.2, -0.15) is 0 Å². The molecule has 2 N–H and O–H groups in total. The highest BCUT2D eigenvalue weighted by Gasteiger charge is 2.31. The highest BCUT2D eigenvalue weighted by atomic mass is 32.2. The minimum atomic E-state index is -0.195. The Balaban J connectivity index is 1.57. The van der Waals surface area contributed by atoms with Crippen LogP contribution in [-0.2, 0) is 19.2 Å². The maximum Gasteiger partial charge on any atom is 0.232 e. The topological polar surface area (TPSA) is 95.6 Å². The first kappa shape index (κ1) is 17.8. The maximum atomic E-state index is 11.9. The number of hydrogen-bond donors (Lipinski definition) is 2. The van der Waals surface area contributed by atoms with Crippen molar-refractivity contribution in [2.24, 2.45) is 5.92 Å². The Bertz CT molecular complexity index is 493. The first-order valence-corrected chi connectivity index (χ1v) is 9.11.